The summed E-state index contributed by atoms with van der Waals surface area (Å²) in [6, 6.07) is 9.07. The largest absolute Gasteiger partial charge is 0.500 e. The predicted octanol–water partition coefficient (Wildman–Crippen LogP) is 1.46. The Morgan fingerprint density at radius 2 is 1.60 bits per heavy atom. The van der Waals surface area contributed by atoms with E-state index >= 15 is 0 Å². The first-order valence-corrected chi connectivity index (χ1v) is 8.74. The van der Waals surface area contributed by atoms with E-state index in [1.54, 1.807) is 21.3 Å². The SMILES string of the molecule is CO[Si](CCc1ccc(C(N)CCN)cc1)(OC)OC. The number of rotatable bonds is 9. The third kappa shape index (κ3) is 4.66. The van der Waals surface area contributed by atoms with Crippen LogP contribution in [-0.2, 0) is 19.7 Å². The van der Waals surface area contributed by atoms with Crippen LogP contribution in [0.25, 0.3) is 0 Å². The summed E-state index contributed by atoms with van der Waals surface area (Å²) in [5.41, 5.74) is 13.9. The van der Waals surface area contributed by atoms with Crippen LogP contribution in [0.4, 0.5) is 0 Å². The predicted molar refractivity (Wildman–Crippen MR) is 82.3 cm³/mol. The normalized spacial score (nSPS) is 13.4. The highest BCUT2D eigenvalue weighted by Crippen LogP contribution is 2.19. The molecule has 114 valence electrons. The first-order chi connectivity index (χ1) is 9.60. The Labute approximate surface area is 122 Å². The summed E-state index contributed by atoms with van der Waals surface area (Å²) < 4.78 is 16.2. The summed E-state index contributed by atoms with van der Waals surface area (Å²) in [6.45, 7) is 0.604. The highest BCUT2D eigenvalue weighted by atomic mass is 28.4. The second-order valence-corrected chi connectivity index (χ2v) is 7.81. The average molecular weight is 298 g/mol. The van der Waals surface area contributed by atoms with Gasteiger partial charge in [0.15, 0.2) is 0 Å². The molecule has 0 fully saturated rings. The molecule has 1 aromatic carbocycles. The maximum Gasteiger partial charge on any atom is 0.500 e. The van der Waals surface area contributed by atoms with Crippen LogP contribution in [0.3, 0.4) is 0 Å². The smallest absolute Gasteiger partial charge is 0.377 e. The van der Waals surface area contributed by atoms with E-state index in [-0.39, 0.29) is 6.04 Å². The molecule has 0 bridgehead atoms. The molecule has 1 atom stereocenters. The van der Waals surface area contributed by atoms with Gasteiger partial charge < -0.3 is 24.7 Å². The van der Waals surface area contributed by atoms with Gasteiger partial charge in [-0.3, -0.25) is 0 Å². The van der Waals surface area contributed by atoms with Crippen molar-refractivity contribution in [3.8, 4) is 0 Å². The molecule has 6 heteroatoms. The van der Waals surface area contributed by atoms with E-state index < -0.39 is 8.80 Å². The second-order valence-electron chi connectivity index (χ2n) is 4.72. The number of aryl methyl sites for hydroxylation is 1. The number of benzene rings is 1. The third-order valence-corrected chi connectivity index (χ3v) is 6.27. The molecule has 0 aliphatic heterocycles. The van der Waals surface area contributed by atoms with Crippen LogP contribution < -0.4 is 11.5 Å². The zero-order chi connectivity index (χ0) is 15.0. The maximum atomic E-state index is 6.03. The van der Waals surface area contributed by atoms with Gasteiger partial charge in [-0.2, -0.15) is 0 Å². The van der Waals surface area contributed by atoms with Crippen molar-refractivity contribution in [3.63, 3.8) is 0 Å². The van der Waals surface area contributed by atoms with Crippen LogP contribution in [0.15, 0.2) is 24.3 Å². The van der Waals surface area contributed by atoms with Gasteiger partial charge >= 0.3 is 8.80 Å². The molecule has 5 nitrogen and oxygen atoms in total. The van der Waals surface area contributed by atoms with Crippen molar-refractivity contribution < 1.29 is 13.3 Å². The van der Waals surface area contributed by atoms with E-state index in [1.807, 2.05) is 0 Å². The van der Waals surface area contributed by atoms with E-state index in [9.17, 15) is 0 Å². The minimum atomic E-state index is -2.49. The molecule has 0 aliphatic carbocycles. The summed E-state index contributed by atoms with van der Waals surface area (Å²) >= 11 is 0. The Kier molecular flexibility index (Phi) is 7.35. The summed E-state index contributed by atoms with van der Waals surface area (Å²) in [6.07, 6.45) is 1.65. The molecule has 0 spiro atoms. The van der Waals surface area contributed by atoms with Crippen molar-refractivity contribution in [2.75, 3.05) is 27.9 Å². The van der Waals surface area contributed by atoms with Gasteiger partial charge in [0, 0.05) is 33.4 Å². The summed E-state index contributed by atoms with van der Waals surface area (Å²) in [7, 11) is 2.41. The number of hydrogen-bond donors (Lipinski definition) is 2. The van der Waals surface area contributed by atoms with E-state index in [2.05, 4.69) is 24.3 Å². The zero-order valence-electron chi connectivity index (χ0n) is 12.6. The molecule has 0 saturated carbocycles. The molecule has 20 heavy (non-hydrogen) atoms. The summed E-state index contributed by atoms with van der Waals surface area (Å²) in [5.74, 6) is 0. The lowest BCUT2D eigenvalue weighted by atomic mass is 10.0. The molecule has 0 aromatic heterocycles. The minimum absolute atomic E-state index is 0.0134. The van der Waals surface area contributed by atoms with Gasteiger partial charge in [0.05, 0.1) is 0 Å². The van der Waals surface area contributed by atoms with Gasteiger partial charge in [0.1, 0.15) is 0 Å². The average Bonchev–Trinajstić information content (AvgIpc) is 2.50. The Hall–Kier alpha value is -0.763. The molecule has 0 heterocycles. The topological polar surface area (TPSA) is 79.7 Å². The molecule has 1 rings (SSSR count). The molecular weight excluding hydrogens is 272 g/mol. The molecular formula is C14H26N2O3Si. The van der Waals surface area contributed by atoms with Gasteiger partial charge in [0.25, 0.3) is 0 Å². The molecule has 4 N–H and O–H groups in total. The monoisotopic (exact) mass is 298 g/mol. The first kappa shape index (κ1) is 17.3. The van der Waals surface area contributed by atoms with Gasteiger partial charge in [0.2, 0.25) is 0 Å². The number of hydrogen-bond acceptors (Lipinski definition) is 5. The van der Waals surface area contributed by atoms with E-state index in [4.69, 9.17) is 24.7 Å². The fourth-order valence-corrected chi connectivity index (χ4v) is 3.84. The second kappa shape index (κ2) is 8.51. The Morgan fingerprint density at radius 1 is 1.05 bits per heavy atom. The fourth-order valence-electron chi connectivity index (χ4n) is 2.13. The molecule has 1 unspecified atom stereocenters. The van der Waals surface area contributed by atoms with E-state index in [0.29, 0.717) is 6.54 Å². The van der Waals surface area contributed by atoms with Gasteiger partial charge in [-0.25, -0.2) is 0 Å². The molecule has 0 saturated heterocycles. The van der Waals surface area contributed by atoms with Crippen molar-refractivity contribution in [1.82, 2.24) is 0 Å². The zero-order valence-corrected chi connectivity index (χ0v) is 13.6. The standard InChI is InChI=1S/C14H26N2O3Si/c1-17-20(18-2,19-3)11-9-12-4-6-13(7-5-12)14(16)8-10-15/h4-7,14H,8-11,15-16H2,1-3H3. The quantitative estimate of drug-likeness (QED) is 0.675. The van der Waals surface area contributed by atoms with Crippen LogP contribution in [0.2, 0.25) is 6.04 Å². The first-order valence-electron chi connectivity index (χ1n) is 6.80. The molecule has 0 aliphatic rings. The summed E-state index contributed by atoms with van der Waals surface area (Å²) in [4.78, 5) is 0. The van der Waals surface area contributed by atoms with Gasteiger partial charge in [-0.15, -0.1) is 0 Å². The van der Waals surface area contributed by atoms with Crippen LogP contribution >= 0.6 is 0 Å². The fraction of sp³-hybridized carbons (Fsp3) is 0.571. The van der Waals surface area contributed by atoms with Crippen molar-refractivity contribution in [2.24, 2.45) is 11.5 Å². The lowest BCUT2D eigenvalue weighted by molar-refractivity contribution is 0.123. The summed E-state index contributed by atoms with van der Waals surface area (Å²) in [5, 5.41) is 0. The lowest BCUT2D eigenvalue weighted by Gasteiger charge is -2.24. The number of nitrogens with two attached hydrogens (primary N) is 2. The molecule has 1 aromatic rings. The van der Waals surface area contributed by atoms with Crippen molar-refractivity contribution >= 4 is 8.80 Å². The van der Waals surface area contributed by atoms with Crippen LogP contribution in [-0.4, -0.2) is 36.7 Å². The Balaban J connectivity index is 2.61. The van der Waals surface area contributed by atoms with Crippen LogP contribution in [0.1, 0.15) is 23.6 Å². The van der Waals surface area contributed by atoms with E-state index in [0.717, 1.165) is 24.4 Å². The van der Waals surface area contributed by atoms with Gasteiger partial charge in [-0.05, 0) is 30.5 Å². The lowest BCUT2D eigenvalue weighted by Crippen LogP contribution is -2.43. The highest BCUT2D eigenvalue weighted by molar-refractivity contribution is 6.60. The highest BCUT2D eigenvalue weighted by Gasteiger charge is 2.37. The van der Waals surface area contributed by atoms with Crippen molar-refractivity contribution in [1.29, 1.82) is 0 Å². The van der Waals surface area contributed by atoms with Crippen molar-refractivity contribution in [3.05, 3.63) is 35.4 Å². The Bertz CT molecular complexity index is 374. The Morgan fingerprint density at radius 3 is 2.05 bits per heavy atom. The minimum Gasteiger partial charge on any atom is -0.377 e. The van der Waals surface area contributed by atoms with Crippen molar-refractivity contribution in [2.45, 2.75) is 24.9 Å². The van der Waals surface area contributed by atoms with Crippen LogP contribution in [0, 0.1) is 0 Å². The van der Waals surface area contributed by atoms with E-state index in [1.165, 1.54) is 5.56 Å². The molecule has 0 radical (unpaired) electrons. The van der Waals surface area contributed by atoms with Crippen LogP contribution in [0.5, 0.6) is 0 Å². The van der Waals surface area contributed by atoms with Gasteiger partial charge in [-0.1, -0.05) is 24.3 Å². The molecule has 0 amide bonds. The maximum absolute atomic E-state index is 6.03. The third-order valence-electron chi connectivity index (χ3n) is 3.54.